The fourth-order valence-electron chi connectivity index (χ4n) is 5.26. The second kappa shape index (κ2) is 11.0. The van der Waals surface area contributed by atoms with Gasteiger partial charge in [-0.2, -0.15) is 0 Å². The first kappa shape index (κ1) is 27.1. The molecule has 4 aromatic rings. The second-order valence-electron chi connectivity index (χ2n) is 11.5. The Morgan fingerprint density at radius 3 is 2.20 bits per heavy atom. The number of nitrogens with one attached hydrogen (secondary N) is 1. The van der Waals surface area contributed by atoms with Gasteiger partial charge in [-0.05, 0) is 56.3 Å². The topological polar surface area (TPSA) is 69.7 Å². The zero-order chi connectivity index (χ0) is 28.4. The first-order chi connectivity index (χ1) is 19.1. The van der Waals surface area contributed by atoms with Gasteiger partial charge in [0.2, 0.25) is 11.8 Å². The van der Waals surface area contributed by atoms with E-state index < -0.39 is 11.6 Å². The number of carbonyl (C=O) groups is 3. The molecule has 0 radical (unpaired) electrons. The van der Waals surface area contributed by atoms with Crippen LogP contribution in [-0.4, -0.2) is 40.7 Å². The number of carbonyl (C=O) groups excluding carboxylic acids is 3. The highest BCUT2D eigenvalue weighted by molar-refractivity contribution is 6.26. The summed E-state index contributed by atoms with van der Waals surface area (Å²) < 4.78 is 0. The van der Waals surface area contributed by atoms with Crippen molar-refractivity contribution < 1.29 is 14.4 Å². The predicted octanol–water partition coefficient (Wildman–Crippen LogP) is 5.66. The standard InChI is InChI=1S/C34H35N3O3/c1-23-16-18-25(19-17-23)21-36(29(32(39)35-34(2,3)4)20-24-10-6-5-7-11-24)30(38)22-37-28-15-9-13-26-12-8-14-27(31(26)28)33(37)40/h5-19,29H,20-22H2,1-4H3,(H,35,39)/t29-/m0/s1. The molecule has 1 heterocycles. The minimum atomic E-state index is -0.772. The van der Waals surface area contributed by atoms with Gasteiger partial charge in [-0.15, -0.1) is 0 Å². The van der Waals surface area contributed by atoms with E-state index in [9.17, 15) is 14.4 Å². The Balaban J connectivity index is 1.52. The maximum atomic E-state index is 14.2. The molecule has 0 saturated carbocycles. The number of benzene rings is 4. The fraction of sp³-hybridized carbons (Fsp3) is 0.265. The summed E-state index contributed by atoms with van der Waals surface area (Å²) in [5.41, 5.74) is 3.82. The van der Waals surface area contributed by atoms with Crippen molar-refractivity contribution in [3.63, 3.8) is 0 Å². The average Bonchev–Trinajstić information content (AvgIpc) is 3.19. The van der Waals surface area contributed by atoms with Crippen LogP contribution in [0.1, 0.15) is 47.8 Å². The van der Waals surface area contributed by atoms with Crippen LogP contribution in [0.3, 0.4) is 0 Å². The summed E-state index contributed by atoms with van der Waals surface area (Å²) in [6, 6.07) is 28.3. The van der Waals surface area contributed by atoms with E-state index in [1.54, 1.807) is 15.9 Å². The van der Waals surface area contributed by atoms with E-state index in [-0.39, 0.29) is 30.8 Å². The van der Waals surface area contributed by atoms with Crippen molar-refractivity contribution in [1.29, 1.82) is 0 Å². The monoisotopic (exact) mass is 533 g/mol. The molecule has 1 aliphatic heterocycles. The third-order valence-electron chi connectivity index (χ3n) is 7.19. The van der Waals surface area contributed by atoms with Crippen molar-refractivity contribution in [3.05, 3.63) is 113 Å². The third kappa shape index (κ3) is 5.76. The maximum absolute atomic E-state index is 14.2. The first-order valence-corrected chi connectivity index (χ1v) is 13.7. The molecule has 204 valence electrons. The van der Waals surface area contributed by atoms with Gasteiger partial charge >= 0.3 is 0 Å². The number of amides is 3. The Morgan fingerprint density at radius 2 is 1.52 bits per heavy atom. The SMILES string of the molecule is Cc1ccc(CN(C(=O)CN2C(=O)c3cccc4cccc2c34)[C@@H](Cc2ccccc2)C(=O)NC(C)(C)C)cc1. The van der Waals surface area contributed by atoms with Crippen molar-refractivity contribution in [2.24, 2.45) is 0 Å². The molecule has 0 bridgehead atoms. The largest absolute Gasteiger partial charge is 0.350 e. The number of rotatable bonds is 8. The predicted molar refractivity (Wildman–Crippen MR) is 159 cm³/mol. The lowest BCUT2D eigenvalue weighted by molar-refractivity contribution is -0.140. The molecule has 0 unspecified atom stereocenters. The molecule has 4 aromatic carbocycles. The van der Waals surface area contributed by atoms with Gasteiger partial charge in [0, 0.05) is 29.5 Å². The van der Waals surface area contributed by atoms with Crippen LogP contribution in [0.2, 0.25) is 0 Å². The molecule has 40 heavy (non-hydrogen) atoms. The molecule has 0 aromatic heterocycles. The fourth-order valence-corrected chi connectivity index (χ4v) is 5.26. The Labute approximate surface area is 235 Å². The second-order valence-corrected chi connectivity index (χ2v) is 11.5. The number of aryl methyl sites for hydroxylation is 1. The first-order valence-electron chi connectivity index (χ1n) is 13.7. The summed E-state index contributed by atoms with van der Waals surface area (Å²) in [6.45, 7) is 7.88. The summed E-state index contributed by atoms with van der Waals surface area (Å²) in [5.74, 6) is -0.715. The van der Waals surface area contributed by atoms with Crippen LogP contribution in [-0.2, 0) is 22.6 Å². The van der Waals surface area contributed by atoms with E-state index in [1.807, 2.05) is 113 Å². The molecule has 0 spiro atoms. The summed E-state index contributed by atoms with van der Waals surface area (Å²) >= 11 is 0. The molecule has 6 heteroatoms. The van der Waals surface area contributed by atoms with Gasteiger partial charge in [0.05, 0.1) is 5.69 Å². The van der Waals surface area contributed by atoms with E-state index in [0.717, 1.165) is 33.2 Å². The highest BCUT2D eigenvalue weighted by Gasteiger charge is 2.36. The van der Waals surface area contributed by atoms with E-state index >= 15 is 0 Å². The number of nitrogens with zero attached hydrogens (tertiary/aromatic N) is 2. The number of hydrogen-bond acceptors (Lipinski definition) is 3. The van der Waals surface area contributed by atoms with Gasteiger partial charge in [0.1, 0.15) is 12.6 Å². The van der Waals surface area contributed by atoms with Gasteiger partial charge in [0.15, 0.2) is 0 Å². The molecule has 5 rings (SSSR count). The highest BCUT2D eigenvalue weighted by Crippen LogP contribution is 2.37. The maximum Gasteiger partial charge on any atom is 0.259 e. The third-order valence-corrected chi connectivity index (χ3v) is 7.19. The Bertz CT molecular complexity index is 1550. The zero-order valence-electron chi connectivity index (χ0n) is 23.5. The van der Waals surface area contributed by atoms with Gasteiger partial charge < -0.3 is 10.2 Å². The summed E-state index contributed by atoms with van der Waals surface area (Å²) in [6.07, 6.45) is 0.351. The smallest absolute Gasteiger partial charge is 0.259 e. The van der Waals surface area contributed by atoms with Crippen LogP contribution in [0.4, 0.5) is 5.69 Å². The molecule has 6 nitrogen and oxygen atoms in total. The lowest BCUT2D eigenvalue weighted by Gasteiger charge is -2.34. The van der Waals surface area contributed by atoms with Crippen LogP contribution in [0.15, 0.2) is 91.0 Å². The van der Waals surface area contributed by atoms with Crippen molar-refractivity contribution in [1.82, 2.24) is 10.2 Å². The van der Waals surface area contributed by atoms with Gasteiger partial charge in [-0.1, -0.05) is 84.4 Å². The van der Waals surface area contributed by atoms with Gasteiger partial charge in [-0.3, -0.25) is 19.3 Å². The molecular weight excluding hydrogens is 498 g/mol. The Kier molecular flexibility index (Phi) is 7.44. The Morgan fingerprint density at radius 1 is 0.850 bits per heavy atom. The molecule has 1 atom stereocenters. The molecule has 1 N–H and O–H groups in total. The average molecular weight is 534 g/mol. The highest BCUT2D eigenvalue weighted by atomic mass is 16.2. The van der Waals surface area contributed by atoms with E-state index in [1.165, 1.54) is 0 Å². The summed E-state index contributed by atoms with van der Waals surface area (Å²) in [4.78, 5) is 44.7. The Hall–Kier alpha value is -4.45. The quantitative estimate of drug-likeness (QED) is 0.318. The summed E-state index contributed by atoms with van der Waals surface area (Å²) in [7, 11) is 0. The minimum absolute atomic E-state index is 0.160. The lowest BCUT2D eigenvalue weighted by Crippen LogP contribution is -2.56. The number of anilines is 1. The van der Waals surface area contributed by atoms with Crippen LogP contribution in [0.25, 0.3) is 10.8 Å². The minimum Gasteiger partial charge on any atom is -0.350 e. The normalized spacial score (nSPS) is 13.4. The van der Waals surface area contributed by atoms with Crippen LogP contribution >= 0.6 is 0 Å². The van der Waals surface area contributed by atoms with Crippen molar-refractivity contribution >= 4 is 34.2 Å². The van der Waals surface area contributed by atoms with E-state index in [0.29, 0.717) is 12.0 Å². The van der Waals surface area contributed by atoms with Gasteiger partial charge in [-0.25, -0.2) is 0 Å². The van der Waals surface area contributed by atoms with Crippen LogP contribution < -0.4 is 10.2 Å². The molecular formula is C34H35N3O3. The van der Waals surface area contributed by atoms with Crippen molar-refractivity contribution in [2.75, 3.05) is 11.4 Å². The zero-order valence-corrected chi connectivity index (χ0v) is 23.5. The van der Waals surface area contributed by atoms with Gasteiger partial charge in [0.25, 0.3) is 5.91 Å². The molecule has 0 fully saturated rings. The van der Waals surface area contributed by atoms with Crippen LogP contribution in [0.5, 0.6) is 0 Å². The van der Waals surface area contributed by atoms with Crippen LogP contribution in [0, 0.1) is 6.92 Å². The van der Waals surface area contributed by atoms with E-state index in [2.05, 4.69) is 5.32 Å². The summed E-state index contributed by atoms with van der Waals surface area (Å²) in [5, 5.41) is 4.91. The lowest BCUT2D eigenvalue weighted by atomic mass is 10.0. The molecule has 1 aliphatic rings. The molecule has 3 amide bonds. The van der Waals surface area contributed by atoms with Crippen molar-refractivity contribution in [3.8, 4) is 0 Å². The van der Waals surface area contributed by atoms with E-state index in [4.69, 9.17) is 0 Å². The number of hydrogen-bond donors (Lipinski definition) is 1. The molecule has 0 saturated heterocycles. The molecule has 0 aliphatic carbocycles. The van der Waals surface area contributed by atoms with Crippen molar-refractivity contribution in [2.45, 2.75) is 52.2 Å².